The molecule has 0 spiro atoms. The van der Waals surface area contributed by atoms with Gasteiger partial charge in [-0.25, -0.2) is 0 Å². The number of H-pyrrole nitrogens is 1. The number of carbonyl (C=O) groups is 2. The maximum Gasteiger partial charge on any atom is 0.232 e. The molecular formula is C27H36N6O2S. The number of thiol groups is 1. The Morgan fingerprint density at radius 2 is 1.75 bits per heavy atom. The van der Waals surface area contributed by atoms with Gasteiger partial charge in [-0.15, -0.1) is 10.2 Å². The summed E-state index contributed by atoms with van der Waals surface area (Å²) < 4.78 is 0. The molecule has 3 aromatic rings. The highest BCUT2D eigenvalue weighted by Crippen LogP contribution is 2.30. The van der Waals surface area contributed by atoms with E-state index in [1.807, 2.05) is 67.3 Å². The number of benzene rings is 2. The standard InChI is InChI=1S/C27H36N6O2S/c1-5-19(4)27(35)33(15-14-28-26(34)24(36)16-18(2)3)17-20-10-12-21(13-11-20)22-8-6-7-9-23(22)25-29-31-32-30-25/h6-13,18-19,24,36H,5,14-17H2,1-4H3,(H,28,34)(H,29,30,31,32). The largest absolute Gasteiger partial charge is 0.353 e. The van der Waals surface area contributed by atoms with E-state index in [2.05, 4.69) is 52.4 Å². The molecule has 2 unspecified atom stereocenters. The van der Waals surface area contributed by atoms with Crippen molar-refractivity contribution in [3.05, 3.63) is 54.1 Å². The van der Waals surface area contributed by atoms with E-state index >= 15 is 0 Å². The van der Waals surface area contributed by atoms with E-state index in [1.165, 1.54) is 0 Å². The molecule has 0 aliphatic heterocycles. The maximum absolute atomic E-state index is 13.1. The zero-order valence-electron chi connectivity index (χ0n) is 21.4. The van der Waals surface area contributed by atoms with Crippen molar-refractivity contribution in [1.82, 2.24) is 30.8 Å². The lowest BCUT2D eigenvalue weighted by atomic mass is 9.98. The Bertz CT molecular complexity index is 1120. The summed E-state index contributed by atoms with van der Waals surface area (Å²) in [6, 6.07) is 16.1. The predicted octanol–water partition coefficient (Wildman–Crippen LogP) is 4.37. The first-order valence-electron chi connectivity index (χ1n) is 12.5. The number of nitrogens with one attached hydrogen (secondary N) is 2. The minimum absolute atomic E-state index is 0.0830. The lowest BCUT2D eigenvalue weighted by Crippen LogP contribution is -2.42. The number of rotatable bonds is 12. The topological polar surface area (TPSA) is 104 Å². The third kappa shape index (κ3) is 7.40. The summed E-state index contributed by atoms with van der Waals surface area (Å²) >= 11 is 4.42. The van der Waals surface area contributed by atoms with Crippen LogP contribution in [0.25, 0.3) is 22.5 Å². The Morgan fingerprint density at radius 1 is 1.06 bits per heavy atom. The summed E-state index contributed by atoms with van der Waals surface area (Å²) in [6.45, 7) is 9.40. The van der Waals surface area contributed by atoms with Gasteiger partial charge < -0.3 is 10.2 Å². The van der Waals surface area contributed by atoms with Crippen molar-refractivity contribution in [3.8, 4) is 22.5 Å². The Kier molecular flexibility index (Phi) is 10.0. The Morgan fingerprint density at radius 3 is 2.36 bits per heavy atom. The van der Waals surface area contributed by atoms with E-state index in [9.17, 15) is 9.59 Å². The van der Waals surface area contributed by atoms with Crippen LogP contribution in [0.4, 0.5) is 0 Å². The molecule has 0 aliphatic carbocycles. The van der Waals surface area contributed by atoms with E-state index in [-0.39, 0.29) is 23.0 Å². The van der Waals surface area contributed by atoms with E-state index in [0.717, 1.165) is 28.7 Å². The van der Waals surface area contributed by atoms with Gasteiger partial charge in [-0.2, -0.15) is 17.8 Å². The van der Waals surface area contributed by atoms with Crippen LogP contribution < -0.4 is 5.32 Å². The van der Waals surface area contributed by atoms with Crippen molar-refractivity contribution in [2.45, 2.75) is 52.3 Å². The number of nitrogens with zero attached hydrogens (tertiary/aromatic N) is 4. The highest BCUT2D eigenvalue weighted by atomic mass is 32.1. The molecule has 2 amide bonds. The molecule has 192 valence electrons. The van der Waals surface area contributed by atoms with Gasteiger partial charge in [0.1, 0.15) is 0 Å². The maximum atomic E-state index is 13.1. The molecule has 0 saturated carbocycles. The van der Waals surface area contributed by atoms with E-state index in [1.54, 1.807) is 0 Å². The van der Waals surface area contributed by atoms with Crippen molar-refractivity contribution in [3.63, 3.8) is 0 Å². The van der Waals surface area contributed by atoms with Crippen LogP contribution >= 0.6 is 12.6 Å². The Hall–Kier alpha value is -3.20. The second-order valence-corrected chi connectivity index (χ2v) is 10.1. The van der Waals surface area contributed by atoms with Crippen molar-refractivity contribution in [1.29, 1.82) is 0 Å². The van der Waals surface area contributed by atoms with Crippen LogP contribution in [0.5, 0.6) is 0 Å². The molecule has 0 radical (unpaired) electrons. The summed E-state index contributed by atoms with van der Waals surface area (Å²) in [5.74, 6) is 0.846. The number of hydrogen-bond donors (Lipinski definition) is 3. The lowest BCUT2D eigenvalue weighted by Gasteiger charge is -2.26. The summed E-state index contributed by atoms with van der Waals surface area (Å²) in [5, 5.41) is 17.0. The first kappa shape index (κ1) is 27.4. The van der Waals surface area contributed by atoms with Gasteiger partial charge in [-0.05, 0) is 40.7 Å². The molecule has 8 nitrogen and oxygen atoms in total. The Labute approximate surface area is 218 Å². The lowest BCUT2D eigenvalue weighted by molar-refractivity contribution is -0.136. The fourth-order valence-electron chi connectivity index (χ4n) is 3.95. The molecule has 2 N–H and O–H groups in total. The average molecular weight is 509 g/mol. The monoisotopic (exact) mass is 508 g/mol. The van der Waals surface area contributed by atoms with Gasteiger partial charge in [-0.1, -0.05) is 76.2 Å². The first-order valence-corrected chi connectivity index (χ1v) is 13.0. The van der Waals surface area contributed by atoms with Gasteiger partial charge >= 0.3 is 0 Å². The van der Waals surface area contributed by atoms with Crippen LogP contribution in [-0.4, -0.2) is 55.7 Å². The number of aromatic amines is 1. The second-order valence-electron chi connectivity index (χ2n) is 9.48. The molecule has 0 bridgehead atoms. The molecule has 0 aliphatic rings. The van der Waals surface area contributed by atoms with Crippen LogP contribution in [0.3, 0.4) is 0 Å². The van der Waals surface area contributed by atoms with Crippen molar-refractivity contribution >= 4 is 24.4 Å². The van der Waals surface area contributed by atoms with Gasteiger partial charge in [0.2, 0.25) is 17.6 Å². The van der Waals surface area contributed by atoms with Crippen LogP contribution in [-0.2, 0) is 16.1 Å². The smallest absolute Gasteiger partial charge is 0.232 e. The van der Waals surface area contributed by atoms with Crippen molar-refractivity contribution in [2.75, 3.05) is 13.1 Å². The molecule has 2 aromatic carbocycles. The fraction of sp³-hybridized carbons (Fsp3) is 0.444. The fourth-order valence-corrected chi connectivity index (χ4v) is 4.47. The van der Waals surface area contributed by atoms with Gasteiger partial charge in [-0.3, -0.25) is 9.59 Å². The molecule has 3 rings (SSSR count). The second kappa shape index (κ2) is 13.2. The van der Waals surface area contributed by atoms with Gasteiger partial charge in [0, 0.05) is 31.1 Å². The summed E-state index contributed by atoms with van der Waals surface area (Å²) in [5.41, 5.74) is 3.94. The molecule has 0 saturated heterocycles. The SMILES string of the molecule is CCC(C)C(=O)N(CCNC(=O)C(S)CC(C)C)Cc1ccc(-c2ccccc2-c2nn[nH]n2)cc1. The predicted molar refractivity (Wildman–Crippen MR) is 145 cm³/mol. The van der Waals surface area contributed by atoms with Crippen LogP contribution in [0.2, 0.25) is 0 Å². The third-order valence-electron chi connectivity index (χ3n) is 6.18. The molecule has 1 heterocycles. The molecule has 2 atom stereocenters. The molecule has 0 fully saturated rings. The average Bonchev–Trinajstić information content (AvgIpc) is 3.42. The van der Waals surface area contributed by atoms with Crippen LogP contribution in [0, 0.1) is 11.8 Å². The first-order chi connectivity index (χ1) is 17.3. The van der Waals surface area contributed by atoms with Crippen molar-refractivity contribution in [2.24, 2.45) is 11.8 Å². The highest BCUT2D eigenvalue weighted by Gasteiger charge is 2.21. The summed E-state index contributed by atoms with van der Waals surface area (Å²) in [6.07, 6.45) is 1.48. The van der Waals surface area contributed by atoms with Crippen LogP contribution in [0.15, 0.2) is 48.5 Å². The Balaban J connectivity index is 1.70. The molecule has 36 heavy (non-hydrogen) atoms. The van der Waals surface area contributed by atoms with Gasteiger partial charge in [0.15, 0.2) is 0 Å². The summed E-state index contributed by atoms with van der Waals surface area (Å²) in [7, 11) is 0. The van der Waals surface area contributed by atoms with E-state index in [0.29, 0.717) is 37.8 Å². The molecule has 9 heteroatoms. The zero-order chi connectivity index (χ0) is 26.1. The quantitative estimate of drug-likeness (QED) is 0.315. The van der Waals surface area contributed by atoms with Gasteiger partial charge in [0.05, 0.1) is 5.25 Å². The normalized spacial score (nSPS) is 12.8. The number of amides is 2. The van der Waals surface area contributed by atoms with E-state index < -0.39 is 0 Å². The van der Waals surface area contributed by atoms with Crippen LogP contribution in [0.1, 0.15) is 46.1 Å². The minimum atomic E-state index is -0.341. The van der Waals surface area contributed by atoms with Crippen molar-refractivity contribution < 1.29 is 9.59 Å². The van der Waals surface area contributed by atoms with Gasteiger partial charge in [0.25, 0.3) is 0 Å². The molecular weight excluding hydrogens is 472 g/mol. The van der Waals surface area contributed by atoms with E-state index in [4.69, 9.17) is 0 Å². The number of carbonyl (C=O) groups excluding carboxylic acids is 2. The third-order valence-corrected chi connectivity index (χ3v) is 6.62. The highest BCUT2D eigenvalue weighted by molar-refractivity contribution is 7.81. The zero-order valence-corrected chi connectivity index (χ0v) is 22.3. The number of tetrazole rings is 1. The molecule has 1 aromatic heterocycles. The number of aromatic nitrogens is 4. The minimum Gasteiger partial charge on any atom is -0.353 e. The summed E-state index contributed by atoms with van der Waals surface area (Å²) in [4.78, 5) is 27.3. The number of hydrogen-bond acceptors (Lipinski definition) is 6.